The van der Waals surface area contributed by atoms with Crippen LogP contribution in [0, 0.1) is 5.82 Å². The molecule has 0 radical (unpaired) electrons. The molecule has 2 nitrogen and oxygen atoms in total. The molecule has 2 N–H and O–H groups in total. The van der Waals surface area contributed by atoms with Crippen LogP contribution in [0.3, 0.4) is 0 Å². The van der Waals surface area contributed by atoms with E-state index in [2.05, 4.69) is 6.92 Å². The van der Waals surface area contributed by atoms with E-state index in [1.807, 2.05) is 24.0 Å². The highest BCUT2D eigenvalue weighted by Gasteiger charge is 2.10. The van der Waals surface area contributed by atoms with Crippen molar-refractivity contribution in [1.82, 2.24) is 0 Å². The van der Waals surface area contributed by atoms with Gasteiger partial charge in [-0.3, -0.25) is 0 Å². The third kappa shape index (κ3) is 4.35. The first-order chi connectivity index (χ1) is 8.19. The zero-order valence-corrected chi connectivity index (χ0v) is 10.8. The fourth-order valence-corrected chi connectivity index (χ4v) is 1.99. The van der Waals surface area contributed by atoms with Gasteiger partial charge in [-0.1, -0.05) is 25.5 Å². The molecule has 1 unspecified atom stereocenters. The first-order valence-electron chi connectivity index (χ1n) is 6.44. The first-order valence-corrected chi connectivity index (χ1v) is 6.44. The van der Waals surface area contributed by atoms with Crippen LogP contribution in [0.25, 0.3) is 0 Å². The molecule has 0 aliphatic rings. The molecule has 0 amide bonds. The summed E-state index contributed by atoms with van der Waals surface area (Å²) in [6, 6.07) is 7.14. The summed E-state index contributed by atoms with van der Waals surface area (Å²) in [5, 5.41) is 0. The topological polar surface area (TPSA) is 29.3 Å². The van der Waals surface area contributed by atoms with Crippen molar-refractivity contribution >= 4 is 5.69 Å². The summed E-state index contributed by atoms with van der Waals surface area (Å²) < 4.78 is 13.6. The van der Waals surface area contributed by atoms with E-state index in [-0.39, 0.29) is 11.9 Å². The molecule has 1 aromatic carbocycles. The van der Waals surface area contributed by atoms with E-state index < -0.39 is 0 Å². The van der Waals surface area contributed by atoms with Gasteiger partial charge in [-0.25, -0.2) is 4.39 Å². The second-order valence-corrected chi connectivity index (χ2v) is 4.37. The molecule has 0 saturated heterocycles. The number of benzene rings is 1. The summed E-state index contributed by atoms with van der Waals surface area (Å²) in [6.45, 7) is 5.80. The number of hydrogen-bond acceptors (Lipinski definition) is 2. The van der Waals surface area contributed by atoms with Gasteiger partial charge in [-0.15, -0.1) is 0 Å². The highest BCUT2D eigenvalue weighted by molar-refractivity contribution is 5.47. The first kappa shape index (κ1) is 14.0. The Morgan fingerprint density at radius 2 is 1.94 bits per heavy atom. The summed E-state index contributed by atoms with van der Waals surface area (Å²) in [4.78, 5) is 2.05. The van der Waals surface area contributed by atoms with Gasteiger partial charge in [0.25, 0.3) is 0 Å². The number of rotatable bonds is 7. The number of hydrogen-bond donors (Lipinski definition) is 1. The minimum atomic E-state index is -0.154. The van der Waals surface area contributed by atoms with E-state index in [0.29, 0.717) is 5.69 Å². The van der Waals surface area contributed by atoms with Crippen LogP contribution in [-0.4, -0.2) is 19.1 Å². The van der Waals surface area contributed by atoms with Crippen molar-refractivity contribution in [2.45, 2.75) is 39.2 Å². The fourth-order valence-electron chi connectivity index (χ4n) is 1.99. The summed E-state index contributed by atoms with van der Waals surface area (Å²) in [6.07, 6.45) is 3.05. The SMILES string of the molecule is CCCC(N)CCN(CC)c1ccccc1F. The van der Waals surface area contributed by atoms with Crippen molar-refractivity contribution in [3.63, 3.8) is 0 Å². The summed E-state index contributed by atoms with van der Waals surface area (Å²) in [5.41, 5.74) is 6.66. The van der Waals surface area contributed by atoms with E-state index in [9.17, 15) is 4.39 Å². The van der Waals surface area contributed by atoms with Crippen LogP contribution < -0.4 is 10.6 Å². The van der Waals surface area contributed by atoms with E-state index in [1.54, 1.807) is 6.07 Å². The van der Waals surface area contributed by atoms with Crippen LogP contribution in [0.5, 0.6) is 0 Å². The van der Waals surface area contributed by atoms with Crippen molar-refractivity contribution in [3.8, 4) is 0 Å². The lowest BCUT2D eigenvalue weighted by Crippen LogP contribution is -2.30. The van der Waals surface area contributed by atoms with Crippen LogP contribution in [0.15, 0.2) is 24.3 Å². The van der Waals surface area contributed by atoms with Gasteiger partial charge in [0.15, 0.2) is 0 Å². The molecule has 0 aromatic heterocycles. The van der Waals surface area contributed by atoms with E-state index >= 15 is 0 Å². The van der Waals surface area contributed by atoms with Crippen LogP contribution in [0.2, 0.25) is 0 Å². The van der Waals surface area contributed by atoms with Gasteiger partial charge in [0.2, 0.25) is 0 Å². The van der Waals surface area contributed by atoms with Gasteiger partial charge < -0.3 is 10.6 Å². The molecule has 0 spiro atoms. The molecule has 0 heterocycles. The average molecular weight is 238 g/mol. The Kier molecular flexibility index (Phi) is 5.98. The Morgan fingerprint density at radius 1 is 1.24 bits per heavy atom. The summed E-state index contributed by atoms with van der Waals surface area (Å²) in [7, 11) is 0. The molecule has 1 rings (SSSR count). The van der Waals surface area contributed by atoms with Gasteiger partial charge in [-0.2, -0.15) is 0 Å². The lowest BCUT2D eigenvalue weighted by atomic mass is 10.1. The molecular weight excluding hydrogens is 215 g/mol. The predicted octanol–water partition coefficient (Wildman–Crippen LogP) is 3.17. The van der Waals surface area contributed by atoms with Crippen LogP contribution >= 0.6 is 0 Å². The minimum absolute atomic E-state index is 0.154. The Morgan fingerprint density at radius 3 is 2.53 bits per heavy atom. The van der Waals surface area contributed by atoms with Crippen LogP contribution in [-0.2, 0) is 0 Å². The van der Waals surface area contributed by atoms with Crippen molar-refractivity contribution in [2.24, 2.45) is 5.73 Å². The van der Waals surface area contributed by atoms with Gasteiger partial charge in [0.1, 0.15) is 5.82 Å². The number of anilines is 1. The number of nitrogens with two attached hydrogens (primary N) is 1. The van der Waals surface area contributed by atoms with Crippen molar-refractivity contribution in [2.75, 3.05) is 18.0 Å². The monoisotopic (exact) mass is 238 g/mol. The second kappa shape index (κ2) is 7.28. The number of halogens is 1. The Hall–Kier alpha value is -1.09. The second-order valence-electron chi connectivity index (χ2n) is 4.37. The number of nitrogens with zero attached hydrogens (tertiary/aromatic N) is 1. The molecular formula is C14H23FN2. The lowest BCUT2D eigenvalue weighted by molar-refractivity contribution is 0.549. The largest absolute Gasteiger partial charge is 0.369 e. The van der Waals surface area contributed by atoms with Gasteiger partial charge in [0.05, 0.1) is 5.69 Å². The predicted molar refractivity (Wildman–Crippen MR) is 71.8 cm³/mol. The maximum Gasteiger partial charge on any atom is 0.146 e. The molecule has 1 aromatic rings. The van der Waals surface area contributed by atoms with Gasteiger partial charge in [-0.05, 0) is 31.9 Å². The zero-order valence-electron chi connectivity index (χ0n) is 10.8. The fraction of sp³-hybridized carbons (Fsp3) is 0.571. The highest BCUT2D eigenvalue weighted by Crippen LogP contribution is 2.18. The molecule has 0 saturated carbocycles. The maximum absolute atomic E-state index is 13.6. The average Bonchev–Trinajstić information content (AvgIpc) is 2.32. The lowest BCUT2D eigenvalue weighted by Gasteiger charge is -2.25. The molecule has 96 valence electrons. The Labute approximate surface area is 104 Å². The standard InChI is InChI=1S/C14H23FN2/c1-3-7-12(16)10-11-17(4-2)14-9-6-5-8-13(14)15/h5-6,8-9,12H,3-4,7,10-11,16H2,1-2H3. The van der Waals surface area contributed by atoms with E-state index in [0.717, 1.165) is 32.4 Å². The molecule has 1 atom stereocenters. The van der Waals surface area contributed by atoms with Crippen LogP contribution in [0.1, 0.15) is 33.1 Å². The highest BCUT2D eigenvalue weighted by atomic mass is 19.1. The molecule has 0 fully saturated rings. The number of para-hydroxylation sites is 1. The molecule has 0 bridgehead atoms. The molecule has 0 aliphatic heterocycles. The van der Waals surface area contributed by atoms with E-state index in [4.69, 9.17) is 5.73 Å². The molecule has 0 aliphatic carbocycles. The van der Waals surface area contributed by atoms with Crippen molar-refractivity contribution < 1.29 is 4.39 Å². The van der Waals surface area contributed by atoms with Gasteiger partial charge >= 0.3 is 0 Å². The maximum atomic E-state index is 13.6. The molecule has 3 heteroatoms. The third-order valence-corrected chi connectivity index (χ3v) is 3.00. The van der Waals surface area contributed by atoms with Crippen LogP contribution in [0.4, 0.5) is 10.1 Å². The van der Waals surface area contributed by atoms with E-state index in [1.165, 1.54) is 6.07 Å². The normalized spacial score (nSPS) is 12.5. The molecule has 17 heavy (non-hydrogen) atoms. The Balaban J connectivity index is 2.57. The minimum Gasteiger partial charge on any atom is -0.369 e. The summed E-state index contributed by atoms with van der Waals surface area (Å²) >= 11 is 0. The van der Waals surface area contributed by atoms with Crippen molar-refractivity contribution in [3.05, 3.63) is 30.1 Å². The van der Waals surface area contributed by atoms with Gasteiger partial charge in [0, 0.05) is 19.1 Å². The quantitative estimate of drug-likeness (QED) is 0.790. The smallest absolute Gasteiger partial charge is 0.146 e. The summed E-state index contributed by atoms with van der Waals surface area (Å²) in [5.74, 6) is -0.154. The zero-order chi connectivity index (χ0) is 12.7. The third-order valence-electron chi connectivity index (χ3n) is 3.00. The van der Waals surface area contributed by atoms with Crippen molar-refractivity contribution in [1.29, 1.82) is 0 Å². The Bertz CT molecular complexity index is 328.